The number of aromatic nitrogens is 2. The first-order chi connectivity index (χ1) is 14.2. The molecule has 0 fully saturated rings. The number of hydrogen-bond acceptors (Lipinski definition) is 3. The van der Waals surface area contributed by atoms with Crippen LogP contribution in [-0.4, -0.2) is 28.7 Å². The Morgan fingerprint density at radius 1 is 0.897 bits per heavy atom. The quantitative estimate of drug-likeness (QED) is 0.471. The first-order valence-corrected chi connectivity index (χ1v) is 9.67. The Labute approximate surface area is 169 Å². The lowest BCUT2D eigenvalue weighted by molar-refractivity contribution is 0.366. The van der Waals surface area contributed by atoms with Gasteiger partial charge in [0.15, 0.2) is 0 Å². The molecule has 0 atom stereocenters. The van der Waals surface area contributed by atoms with Gasteiger partial charge < -0.3 is 0 Å². The van der Waals surface area contributed by atoms with Crippen molar-refractivity contribution in [3.8, 4) is 11.3 Å². The number of halogens is 1. The molecule has 1 aliphatic heterocycles. The van der Waals surface area contributed by atoms with Gasteiger partial charge in [-0.1, -0.05) is 36.4 Å². The summed E-state index contributed by atoms with van der Waals surface area (Å²) in [6, 6.07) is 21.6. The van der Waals surface area contributed by atoms with Gasteiger partial charge in [-0.25, -0.2) is 4.39 Å². The lowest BCUT2D eigenvalue weighted by Crippen LogP contribution is -2.16. The first-order valence-electron chi connectivity index (χ1n) is 9.67. The van der Waals surface area contributed by atoms with E-state index in [4.69, 9.17) is 0 Å². The Kier molecular flexibility index (Phi) is 4.41. The average molecular weight is 381 g/mol. The van der Waals surface area contributed by atoms with Crippen LogP contribution in [0.25, 0.3) is 27.6 Å². The van der Waals surface area contributed by atoms with E-state index in [1.165, 1.54) is 22.8 Å². The van der Waals surface area contributed by atoms with Gasteiger partial charge in [0.1, 0.15) is 5.82 Å². The molecule has 5 rings (SSSR count). The van der Waals surface area contributed by atoms with E-state index in [2.05, 4.69) is 58.6 Å². The summed E-state index contributed by atoms with van der Waals surface area (Å²) in [5.74, 6) is -0.206. The van der Waals surface area contributed by atoms with Crippen molar-refractivity contribution in [1.29, 1.82) is 0 Å². The molecule has 0 aliphatic carbocycles. The highest BCUT2D eigenvalue weighted by molar-refractivity contribution is 5.90. The zero-order valence-electron chi connectivity index (χ0n) is 16.1. The fourth-order valence-electron chi connectivity index (χ4n) is 3.97. The van der Waals surface area contributed by atoms with Gasteiger partial charge in [0, 0.05) is 24.8 Å². The third-order valence-corrected chi connectivity index (χ3v) is 5.42. The van der Waals surface area contributed by atoms with Gasteiger partial charge >= 0.3 is 0 Å². The van der Waals surface area contributed by atoms with Crippen LogP contribution >= 0.6 is 0 Å². The van der Waals surface area contributed by atoms with Crippen LogP contribution in [0.4, 0.5) is 4.39 Å². The minimum Gasteiger partial charge on any atom is -0.298 e. The third-order valence-electron chi connectivity index (χ3n) is 5.42. The molecule has 3 aromatic carbocycles. The molecular formula is C25H20FN3. The van der Waals surface area contributed by atoms with Crippen LogP contribution in [-0.2, 0) is 6.54 Å². The summed E-state index contributed by atoms with van der Waals surface area (Å²) in [7, 11) is 2.13. The van der Waals surface area contributed by atoms with Crippen LogP contribution in [0, 0.1) is 5.82 Å². The number of rotatable bonds is 2. The topological polar surface area (TPSA) is 29.0 Å². The van der Waals surface area contributed by atoms with Gasteiger partial charge in [-0.05, 0) is 76.5 Å². The fraction of sp³-hybridized carbons (Fsp3) is 0.120. The van der Waals surface area contributed by atoms with E-state index in [-0.39, 0.29) is 5.82 Å². The maximum Gasteiger partial charge on any atom is 0.123 e. The summed E-state index contributed by atoms with van der Waals surface area (Å²) in [5, 5.41) is 10.2. The Bertz CT molecular complexity index is 1230. The zero-order valence-corrected chi connectivity index (χ0v) is 16.1. The number of fused-ring (bicyclic) bond motifs is 2. The standard InChI is InChI=1S/C25H20FN3/c1-29-12-10-24(19-5-4-18-15-22(26)8-6-17(18)13-19)23-9-7-20(14-21(23)16-29)25-3-2-11-27-28-25/h2-11,13-15H,12,16H2,1H3. The van der Waals surface area contributed by atoms with E-state index in [9.17, 15) is 4.39 Å². The molecule has 4 heteroatoms. The average Bonchev–Trinajstić information content (AvgIpc) is 2.91. The van der Waals surface area contributed by atoms with Gasteiger partial charge in [0.25, 0.3) is 0 Å². The molecular weight excluding hydrogens is 361 g/mol. The maximum atomic E-state index is 13.5. The van der Waals surface area contributed by atoms with Gasteiger partial charge in [0.2, 0.25) is 0 Å². The van der Waals surface area contributed by atoms with E-state index in [0.29, 0.717) is 0 Å². The second kappa shape index (κ2) is 7.22. The van der Waals surface area contributed by atoms with Crippen LogP contribution in [0.5, 0.6) is 0 Å². The first kappa shape index (κ1) is 17.7. The molecule has 0 N–H and O–H groups in total. The van der Waals surface area contributed by atoms with Crippen LogP contribution in [0.1, 0.15) is 16.7 Å². The van der Waals surface area contributed by atoms with E-state index >= 15 is 0 Å². The van der Waals surface area contributed by atoms with Crippen LogP contribution in [0.2, 0.25) is 0 Å². The van der Waals surface area contributed by atoms with Crippen LogP contribution < -0.4 is 0 Å². The lowest BCUT2D eigenvalue weighted by Gasteiger charge is -2.15. The Balaban J connectivity index is 1.62. The predicted molar refractivity (Wildman–Crippen MR) is 115 cm³/mol. The molecule has 1 aromatic heterocycles. The molecule has 0 spiro atoms. The van der Waals surface area contributed by atoms with E-state index < -0.39 is 0 Å². The van der Waals surface area contributed by atoms with Crippen molar-refractivity contribution < 1.29 is 4.39 Å². The van der Waals surface area contributed by atoms with Gasteiger partial charge in [0.05, 0.1) is 5.69 Å². The Morgan fingerprint density at radius 2 is 1.72 bits per heavy atom. The van der Waals surface area contributed by atoms with Crippen molar-refractivity contribution in [3.63, 3.8) is 0 Å². The zero-order chi connectivity index (χ0) is 19.8. The molecule has 2 heterocycles. The third kappa shape index (κ3) is 3.43. The van der Waals surface area contributed by atoms with E-state index in [0.717, 1.165) is 40.7 Å². The van der Waals surface area contributed by atoms with Crippen molar-refractivity contribution in [1.82, 2.24) is 15.1 Å². The summed E-state index contributed by atoms with van der Waals surface area (Å²) in [6.45, 7) is 1.73. The SMILES string of the molecule is CN1CC=C(c2ccc3cc(F)ccc3c2)c2ccc(-c3cccnn3)cc2C1. The smallest absolute Gasteiger partial charge is 0.123 e. The molecule has 4 aromatic rings. The van der Waals surface area contributed by atoms with E-state index in [1.54, 1.807) is 12.3 Å². The maximum absolute atomic E-state index is 13.5. The molecule has 29 heavy (non-hydrogen) atoms. The van der Waals surface area contributed by atoms with Crippen LogP contribution in [0.15, 0.2) is 79.0 Å². The highest BCUT2D eigenvalue weighted by Crippen LogP contribution is 2.33. The number of nitrogens with zero attached hydrogens (tertiary/aromatic N) is 3. The highest BCUT2D eigenvalue weighted by Gasteiger charge is 2.17. The summed E-state index contributed by atoms with van der Waals surface area (Å²) >= 11 is 0. The molecule has 0 bridgehead atoms. The molecule has 142 valence electrons. The van der Waals surface area contributed by atoms with Crippen molar-refractivity contribution >= 4 is 16.3 Å². The van der Waals surface area contributed by atoms with Gasteiger partial charge in [-0.3, -0.25) is 4.90 Å². The van der Waals surface area contributed by atoms with E-state index in [1.807, 2.05) is 24.3 Å². The minimum atomic E-state index is -0.206. The van der Waals surface area contributed by atoms with Crippen molar-refractivity contribution in [2.45, 2.75) is 6.54 Å². The summed E-state index contributed by atoms with van der Waals surface area (Å²) < 4.78 is 13.5. The number of hydrogen-bond donors (Lipinski definition) is 0. The minimum absolute atomic E-state index is 0.206. The molecule has 3 nitrogen and oxygen atoms in total. The van der Waals surface area contributed by atoms with Crippen molar-refractivity contribution in [3.05, 3.63) is 102 Å². The molecule has 0 saturated heterocycles. The van der Waals surface area contributed by atoms with Crippen molar-refractivity contribution in [2.24, 2.45) is 0 Å². The highest BCUT2D eigenvalue weighted by atomic mass is 19.1. The Hall–Kier alpha value is -3.37. The lowest BCUT2D eigenvalue weighted by atomic mass is 9.91. The predicted octanol–water partition coefficient (Wildman–Crippen LogP) is 5.31. The molecule has 0 saturated carbocycles. The molecule has 0 radical (unpaired) electrons. The molecule has 0 unspecified atom stereocenters. The largest absolute Gasteiger partial charge is 0.298 e. The fourth-order valence-corrected chi connectivity index (χ4v) is 3.97. The number of benzene rings is 3. The van der Waals surface area contributed by atoms with Crippen LogP contribution in [0.3, 0.4) is 0 Å². The summed E-state index contributed by atoms with van der Waals surface area (Å²) in [4.78, 5) is 2.29. The Morgan fingerprint density at radius 3 is 2.59 bits per heavy atom. The van der Waals surface area contributed by atoms with Crippen molar-refractivity contribution in [2.75, 3.05) is 13.6 Å². The normalized spacial score (nSPS) is 14.3. The van der Waals surface area contributed by atoms with Gasteiger partial charge in [-0.15, -0.1) is 0 Å². The monoisotopic (exact) mass is 381 g/mol. The number of likely N-dealkylation sites (N-methyl/N-ethyl adjacent to an activating group) is 1. The summed E-state index contributed by atoms with van der Waals surface area (Å²) in [5.41, 5.74) is 6.79. The second-order valence-electron chi connectivity index (χ2n) is 7.50. The second-order valence-corrected chi connectivity index (χ2v) is 7.50. The molecule has 1 aliphatic rings. The molecule has 0 amide bonds. The van der Waals surface area contributed by atoms with Gasteiger partial charge in [-0.2, -0.15) is 10.2 Å². The summed E-state index contributed by atoms with van der Waals surface area (Å²) in [6.07, 6.45) is 3.96.